The van der Waals surface area contributed by atoms with Gasteiger partial charge in [0.1, 0.15) is 6.67 Å². The van der Waals surface area contributed by atoms with E-state index in [0.717, 1.165) is 22.1 Å². The molecule has 0 saturated carbocycles. The van der Waals surface area contributed by atoms with E-state index in [4.69, 9.17) is 11.6 Å². The van der Waals surface area contributed by atoms with E-state index in [1.807, 2.05) is 31.2 Å². The first-order valence-corrected chi connectivity index (χ1v) is 9.24. The Balaban J connectivity index is 1.97. The third-order valence-electron chi connectivity index (χ3n) is 4.23. The average molecular weight is 422 g/mol. The Morgan fingerprint density at radius 2 is 1.96 bits per heavy atom. The van der Waals surface area contributed by atoms with E-state index in [1.165, 1.54) is 0 Å². The Kier molecular flexibility index (Phi) is 5.45. The molecule has 130 valence electrons. The van der Waals surface area contributed by atoms with Crippen LogP contribution < -0.4 is 4.90 Å². The quantitative estimate of drug-likeness (QED) is 0.722. The molecular formula is C19H18BrClN2O2. The lowest BCUT2D eigenvalue weighted by Gasteiger charge is -2.28. The van der Waals surface area contributed by atoms with Gasteiger partial charge < -0.3 is 4.90 Å². The molecule has 0 atom stereocenters. The zero-order valence-corrected chi connectivity index (χ0v) is 16.2. The molecule has 0 spiro atoms. The second-order valence-electron chi connectivity index (χ2n) is 6.10. The maximum atomic E-state index is 13.2. The molecule has 0 bridgehead atoms. The third kappa shape index (κ3) is 4.05. The lowest BCUT2D eigenvalue weighted by atomic mass is 10.1. The second kappa shape index (κ2) is 7.58. The number of aryl methyl sites for hydroxylation is 1. The van der Waals surface area contributed by atoms with E-state index in [-0.39, 0.29) is 18.5 Å². The van der Waals surface area contributed by atoms with E-state index in [1.54, 1.807) is 28.0 Å². The van der Waals surface area contributed by atoms with Crippen LogP contribution in [0.25, 0.3) is 0 Å². The minimum atomic E-state index is -0.227. The molecule has 1 saturated heterocycles. The molecule has 1 fully saturated rings. The van der Waals surface area contributed by atoms with Crippen LogP contribution in [-0.4, -0.2) is 29.9 Å². The molecule has 1 aliphatic rings. The number of hydrogen-bond acceptors (Lipinski definition) is 2. The Hall–Kier alpha value is -1.85. The van der Waals surface area contributed by atoms with Crippen molar-refractivity contribution in [2.24, 2.45) is 0 Å². The number of halogens is 2. The van der Waals surface area contributed by atoms with E-state index in [9.17, 15) is 9.59 Å². The Morgan fingerprint density at radius 3 is 2.60 bits per heavy atom. The van der Waals surface area contributed by atoms with Gasteiger partial charge in [-0.3, -0.25) is 14.5 Å². The maximum Gasteiger partial charge on any atom is 0.261 e. The van der Waals surface area contributed by atoms with Gasteiger partial charge in [-0.1, -0.05) is 45.2 Å². The molecule has 0 N–H and O–H groups in total. The zero-order valence-electron chi connectivity index (χ0n) is 13.8. The van der Waals surface area contributed by atoms with Crippen LogP contribution >= 0.6 is 27.5 Å². The largest absolute Gasteiger partial charge is 0.324 e. The molecule has 1 aliphatic heterocycles. The van der Waals surface area contributed by atoms with Gasteiger partial charge in [-0.15, -0.1) is 0 Å². The minimum Gasteiger partial charge on any atom is -0.324 e. The molecule has 0 unspecified atom stereocenters. The fourth-order valence-corrected chi connectivity index (χ4v) is 3.38. The van der Waals surface area contributed by atoms with Crippen LogP contribution in [0.2, 0.25) is 5.02 Å². The van der Waals surface area contributed by atoms with E-state index < -0.39 is 0 Å². The van der Waals surface area contributed by atoms with Crippen molar-refractivity contribution < 1.29 is 9.59 Å². The van der Waals surface area contributed by atoms with Crippen molar-refractivity contribution in [3.63, 3.8) is 0 Å². The molecule has 0 aliphatic carbocycles. The monoisotopic (exact) mass is 420 g/mol. The van der Waals surface area contributed by atoms with Gasteiger partial charge in [0.25, 0.3) is 5.91 Å². The third-order valence-corrected chi connectivity index (χ3v) is 5.06. The van der Waals surface area contributed by atoms with Crippen LogP contribution in [0.15, 0.2) is 46.9 Å². The van der Waals surface area contributed by atoms with Gasteiger partial charge in [-0.2, -0.15) is 0 Å². The number of amides is 2. The summed E-state index contributed by atoms with van der Waals surface area (Å²) >= 11 is 9.63. The van der Waals surface area contributed by atoms with Gasteiger partial charge >= 0.3 is 0 Å². The molecule has 6 heteroatoms. The van der Waals surface area contributed by atoms with Crippen molar-refractivity contribution in [1.29, 1.82) is 0 Å². The first kappa shape index (κ1) is 18.0. The average Bonchev–Trinajstić information content (AvgIpc) is 3.00. The summed E-state index contributed by atoms with van der Waals surface area (Å²) in [6, 6.07) is 12.9. The van der Waals surface area contributed by atoms with Gasteiger partial charge in [-0.25, -0.2) is 0 Å². The van der Waals surface area contributed by atoms with Crippen LogP contribution in [0.5, 0.6) is 0 Å². The summed E-state index contributed by atoms with van der Waals surface area (Å²) in [4.78, 5) is 28.5. The first-order valence-electron chi connectivity index (χ1n) is 8.07. The summed E-state index contributed by atoms with van der Waals surface area (Å²) in [7, 11) is 0. The molecular weight excluding hydrogens is 404 g/mol. The lowest BCUT2D eigenvalue weighted by Crippen LogP contribution is -2.42. The van der Waals surface area contributed by atoms with Crippen molar-refractivity contribution in [1.82, 2.24) is 4.90 Å². The van der Waals surface area contributed by atoms with E-state index in [0.29, 0.717) is 23.6 Å². The van der Waals surface area contributed by atoms with Crippen LogP contribution in [0.3, 0.4) is 0 Å². The first-order chi connectivity index (χ1) is 12.0. The van der Waals surface area contributed by atoms with Crippen LogP contribution in [-0.2, 0) is 4.79 Å². The highest BCUT2D eigenvalue weighted by Gasteiger charge is 2.27. The predicted octanol–water partition coefficient (Wildman–Crippen LogP) is 4.64. The smallest absolute Gasteiger partial charge is 0.261 e. The lowest BCUT2D eigenvalue weighted by molar-refractivity contribution is -0.127. The normalized spacial score (nSPS) is 14.0. The summed E-state index contributed by atoms with van der Waals surface area (Å²) in [6.45, 7) is 2.88. The number of hydrogen-bond donors (Lipinski definition) is 0. The van der Waals surface area contributed by atoms with E-state index in [2.05, 4.69) is 15.9 Å². The molecule has 25 heavy (non-hydrogen) atoms. The van der Waals surface area contributed by atoms with Crippen LogP contribution in [0, 0.1) is 6.92 Å². The summed E-state index contributed by atoms with van der Waals surface area (Å²) in [5.74, 6) is -0.153. The number of nitrogens with zero attached hydrogens (tertiary/aromatic N) is 2. The molecule has 3 rings (SSSR count). The number of carbonyl (C=O) groups is 2. The number of anilines is 1. The Morgan fingerprint density at radius 1 is 1.24 bits per heavy atom. The minimum absolute atomic E-state index is 0.0743. The summed E-state index contributed by atoms with van der Waals surface area (Å²) in [5.41, 5.74) is 2.25. The van der Waals surface area contributed by atoms with Gasteiger partial charge in [0, 0.05) is 23.1 Å². The molecule has 2 amide bonds. The highest BCUT2D eigenvalue weighted by atomic mass is 79.9. The second-order valence-corrected chi connectivity index (χ2v) is 7.42. The summed E-state index contributed by atoms with van der Waals surface area (Å²) in [6.07, 6.45) is 1.36. The van der Waals surface area contributed by atoms with Gasteiger partial charge in [0.05, 0.1) is 10.6 Å². The van der Waals surface area contributed by atoms with Crippen LogP contribution in [0.4, 0.5) is 5.69 Å². The number of carbonyl (C=O) groups excluding carboxylic acids is 2. The van der Waals surface area contributed by atoms with Crippen molar-refractivity contribution in [2.75, 3.05) is 18.1 Å². The van der Waals surface area contributed by atoms with Gasteiger partial charge in [0.2, 0.25) is 5.91 Å². The highest BCUT2D eigenvalue weighted by molar-refractivity contribution is 9.10. The van der Waals surface area contributed by atoms with E-state index >= 15 is 0 Å². The van der Waals surface area contributed by atoms with Gasteiger partial charge in [-0.05, 0) is 43.7 Å². The Labute approximate surface area is 160 Å². The summed E-state index contributed by atoms with van der Waals surface area (Å²) in [5, 5.41) is 0.387. The molecule has 2 aromatic carbocycles. The molecule has 0 radical (unpaired) electrons. The van der Waals surface area contributed by atoms with Crippen LogP contribution in [0.1, 0.15) is 28.8 Å². The van der Waals surface area contributed by atoms with Crippen molar-refractivity contribution >= 4 is 45.0 Å². The highest BCUT2D eigenvalue weighted by Crippen LogP contribution is 2.26. The molecule has 0 aromatic heterocycles. The standard InChI is InChI=1S/C19H18BrClN2O2/c1-13-4-7-15(8-5-13)23(12-22-10-2-3-18(22)24)19(25)16-11-14(20)6-9-17(16)21/h4-9,11H,2-3,10,12H2,1H3. The topological polar surface area (TPSA) is 40.6 Å². The van der Waals surface area contributed by atoms with Crippen molar-refractivity contribution in [2.45, 2.75) is 19.8 Å². The maximum absolute atomic E-state index is 13.2. The molecule has 4 nitrogen and oxygen atoms in total. The molecule has 2 aromatic rings. The fourth-order valence-electron chi connectivity index (χ4n) is 2.82. The Bertz CT molecular complexity index is 808. The fraction of sp³-hybridized carbons (Fsp3) is 0.263. The van der Waals surface area contributed by atoms with Gasteiger partial charge in [0.15, 0.2) is 0 Å². The number of benzene rings is 2. The summed E-state index contributed by atoms with van der Waals surface area (Å²) < 4.78 is 0.779. The number of likely N-dealkylation sites (tertiary alicyclic amines) is 1. The molecule has 1 heterocycles. The van der Waals surface area contributed by atoms with Crippen molar-refractivity contribution in [3.05, 3.63) is 63.1 Å². The number of rotatable bonds is 4. The van der Waals surface area contributed by atoms with Crippen molar-refractivity contribution in [3.8, 4) is 0 Å². The zero-order chi connectivity index (χ0) is 18.0. The predicted molar refractivity (Wildman–Crippen MR) is 103 cm³/mol. The SMILES string of the molecule is Cc1ccc(N(CN2CCCC2=O)C(=O)c2cc(Br)ccc2Cl)cc1.